The zero-order valence-corrected chi connectivity index (χ0v) is 17.5. The molecule has 0 radical (unpaired) electrons. The van der Waals surface area contributed by atoms with Crippen LogP contribution in [0.1, 0.15) is 60.7 Å². The lowest BCUT2D eigenvalue weighted by Gasteiger charge is -2.28. The SMILES string of the molecule is CCCCc1cc2c(c(C(=CC(=O)O)C(=O)O)c1)-c1c(cc3n1CCNC3C)CC2. The van der Waals surface area contributed by atoms with Crippen LogP contribution in [0.15, 0.2) is 24.3 Å². The number of rotatable bonds is 6. The molecule has 1 aromatic carbocycles. The van der Waals surface area contributed by atoms with Crippen LogP contribution in [0.4, 0.5) is 0 Å². The fourth-order valence-corrected chi connectivity index (χ4v) is 4.84. The van der Waals surface area contributed by atoms with E-state index in [2.05, 4.69) is 35.9 Å². The maximum atomic E-state index is 12.1. The van der Waals surface area contributed by atoms with Gasteiger partial charge in [-0.3, -0.25) is 0 Å². The van der Waals surface area contributed by atoms with Gasteiger partial charge in [0, 0.05) is 36.5 Å². The van der Waals surface area contributed by atoms with Crippen molar-refractivity contribution in [2.75, 3.05) is 6.54 Å². The summed E-state index contributed by atoms with van der Waals surface area (Å²) >= 11 is 0. The van der Waals surface area contributed by atoms with E-state index in [4.69, 9.17) is 0 Å². The van der Waals surface area contributed by atoms with E-state index in [1.807, 2.05) is 6.07 Å². The first-order valence-electron chi connectivity index (χ1n) is 10.7. The maximum absolute atomic E-state index is 12.1. The van der Waals surface area contributed by atoms with Crippen molar-refractivity contribution in [3.63, 3.8) is 0 Å². The zero-order valence-electron chi connectivity index (χ0n) is 17.5. The minimum absolute atomic E-state index is 0.150. The van der Waals surface area contributed by atoms with Crippen molar-refractivity contribution in [3.8, 4) is 11.3 Å². The number of fused-ring (bicyclic) bond motifs is 5. The summed E-state index contributed by atoms with van der Waals surface area (Å²) in [5.74, 6) is -2.45. The molecule has 1 aliphatic heterocycles. The number of nitrogens with zero attached hydrogens (tertiary/aromatic N) is 1. The third kappa shape index (κ3) is 3.56. The molecule has 6 heteroatoms. The number of hydrogen-bond acceptors (Lipinski definition) is 3. The van der Waals surface area contributed by atoms with E-state index in [9.17, 15) is 19.8 Å². The lowest BCUT2D eigenvalue weighted by molar-refractivity contribution is -0.133. The van der Waals surface area contributed by atoms with Gasteiger partial charge in [-0.2, -0.15) is 0 Å². The number of carbonyl (C=O) groups is 2. The first kappa shape index (κ1) is 20.4. The van der Waals surface area contributed by atoms with Crippen LogP contribution in [0.25, 0.3) is 16.8 Å². The van der Waals surface area contributed by atoms with E-state index in [1.54, 1.807) is 0 Å². The molecule has 0 bridgehead atoms. The first-order chi connectivity index (χ1) is 14.4. The highest BCUT2D eigenvalue weighted by Crippen LogP contribution is 2.43. The summed E-state index contributed by atoms with van der Waals surface area (Å²) in [5, 5.41) is 22.7. The van der Waals surface area contributed by atoms with Gasteiger partial charge < -0.3 is 20.1 Å². The van der Waals surface area contributed by atoms with Crippen molar-refractivity contribution in [2.45, 2.75) is 58.5 Å². The molecule has 1 atom stereocenters. The van der Waals surface area contributed by atoms with Gasteiger partial charge in [-0.05, 0) is 60.9 Å². The molecule has 158 valence electrons. The number of hydrogen-bond donors (Lipinski definition) is 3. The van der Waals surface area contributed by atoms with Gasteiger partial charge in [0.25, 0.3) is 0 Å². The quantitative estimate of drug-likeness (QED) is 0.632. The molecule has 0 amide bonds. The van der Waals surface area contributed by atoms with Crippen LogP contribution in [-0.2, 0) is 35.4 Å². The van der Waals surface area contributed by atoms with Gasteiger partial charge in [0.05, 0.1) is 11.3 Å². The van der Waals surface area contributed by atoms with Crippen LogP contribution in [0.2, 0.25) is 0 Å². The Morgan fingerprint density at radius 2 is 1.97 bits per heavy atom. The molecule has 2 heterocycles. The minimum atomic E-state index is -1.24. The topological polar surface area (TPSA) is 91.6 Å². The fourth-order valence-electron chi connectivity index (χ4n) is 4.84. The Bertz CT molecular complexity index is 1050. The van der Waals surface area contributed by atoms with Crippen LogP contribution in [0, 0.1) is 0 Å². The summed E-state index contributed by atoms with van der Waals surface area (Å²) in [6.07, 6.45) is 5.50. The smallest absolute Gasteiger partial charge is 0.336 e. The monoisotopic (exact) mass is 408 g/mol. The summed E-state index contributed by atoms with van der Waals surface area (Å²) in [6.45, 7) is 5.93. The molecule has 30 heavy (non-hydrogen) atoms. The molecular weight excluding hydrogens is 380 g/mol. The molecule has 2 aliphatic rings. The molecular formula is C24H28N2O4. The van der Waals surface area contributed by atoms with Crippen molar-refractivity contribution in [1.29, 1.82) is 0 Å². The second kappa shape index (κ2) is 8.11. The van der Waals surface area contributed by atoms with E-state index in [1.165, 1.54) is 11.3 Å². The second-order valence-electron chi connectivity index (χ2n) is 8.25. The van der Waals surface area contributed by atoms with Crippen LogP contribution in [0.3, 0.4) is 0 Å². The Labute approximate surface area is 176 Å². The molecule has 4 rings (SSSR count). The van der Waals surface area contributed by atoms with Crippen LogP contribution in [-0.4, -0.2) is 33.3 Å². The Balaban J connectivity index is 1.99. The minimum Gasteiger partial charge on any atom is -0.478 e. The number of aromatic nitrogens is 1. The zero-order chi connectivity index (χ0) is 21.4. The third-order valence-corrected chi connectivity index (χ3v) is 6.23. The molecule has 1 aromatic heterocycles. The standard InChI is InChI=1S/C24H28N2O4/c1-3-4-5-15-10-16-6-7-17-12-20-14(2)25-8-9-26(20)23(17)22(16)18(11-15)19(24(29)30)13-21(27)28/h10-14,25H,3-9H2,1-2H3,(H,27,28)(H,29,30). The highest BCUT2D eigenvalue weighted by molar-refractivity contribution is 6.21. The maximum Gasteiger partial charge on any atom is 0.336 e. The molecule has 2 aromatic rings. The van der Waals surface area contributed by atoms with Crippen molar-refractivity contribution >= 4 is 17.5 Å². The summed E-state index contributed by atoms with van der Waals surface area (Å²) in [5.41, 5.74) is 6.96. The highest BCUT2D eigenvalue weighted by atomic mass is 16.4. The lowest BCUT2D eigenvalue weighted by atomic mass is 9.82. The molecule has 3 N–H and O–H groups in total. The number of carboxylic acids is 2. The van der Waals surface area contributed by atoms with E-state index in [0.717, 1.165) is 73.7 Å². The lowest BCUT2D eigenvalue weighted by Crippen LogP contribution is -2.31. The molecule has 1 aliphatic carbocycles. The number of unbranched alkanes of at least 4 members (excludes halogenated alkanes) is 1. The summed E-state index contributed by atoms with van der Waals surface area (Å²) in [7, 11) is 0. The Hall–Kier alpha value is -2.86. The van der Waals surface area contributed by atoms with Gasteiger partial charge in [-0.25, -0.2) is 9.59 Å². The number of aryl methyl sites for hydroxylation is 3. The van der Waals surface area contributed by atoms with E-state index in [-0.39, 0.29) is 11.6 Å². The van der Waals surface area contributed by atoms with Crippen LogP contribution in [0.5, 0.6) is 0 Å². The van der Waals surface area contributed by atoms with E-state index < -0.39 is 11.9 Å². The van der Waals surface area contributed by atoms with E-state index in [0.29, 0.717) is 5.56 Å². The average molecular weight is 408 g/mol. The molecule has 0 fully saturated rings. The highest BCUT2D eigenvalue weighted by Gasteiger charge is 2.30. The molecule has 0 spiro atoms. The van der Waals surface area contributed by atoms with Gasteiger partial charge in [0.2, 0.25) is 0 Å². The Morgan fingerprint density at radius 1 is 1.20 bits per heavy atom. The largest absolute Gasteiger partial charge is 0.478 e. The summed E-state index contributed by atoms with van der Waals surface area (Å²) in [6, 6.07) is 6.55. The number of carboxylic acid groups (broad SMARTS) is 2. The average Bonchev–Trinajstić information content (AvgIpc) is 3.10. The molecule has 0 saturated heterocycles. The normalized spacial score (nSPS) is 17.8. The second-order valence-corrected chi connectivity index (χ2v) is 8.25. The van der Waals surface area contributed by atoms with Crippen molar-refractivity contribution in [3.05, 3.63) is 52.2 Å². The van der Waals surface area contributed by atoms with Crippen LogP contribution < -0.4 is 5.32 Å². The predicted molar refractivity (Wildman–Crippen MR) is 116 cm³/mol. The van der Waals surface area contributed by atoms with Gasteiger partial charge >= 0.3 is 11.9 Å². The third-order valence-electron chi connectivity index (χ3n) is 6.23. The van der Waals surface area contributed by atoms with Crippen molar-refractivity contribution in [2.24, 2.45) is 0 Å². The molecule has 0 saturated carbocycles. The van der Waals surface area contributed by atoms with Crippen molar-refractivity contribution in [1.82, 2.24) is 9.88 Å². The number of aliphatic carboxylic acids is 2. The van der Waals surface area contributed by atoms with Crippen LogP contribution >= 0.6 is 0 Å². The van der Waals surface area contributed by atoms with Gasteiger partial charge in [-0.1, -0.05) is 25.5 Å². The first-order valence-corrected chi connectivity index (χ1v) is 10.7. The molecule has 1 unspecified atom stereocenters. The predicted octanol–water partition coefficient (Wildman–Crippen LogP) is 3.81. The van der Waals surface area contributed by atoms with E-state index >= 15 is 0 Å². The van der Waals surface area contributed by atoms with Gasteiger partial charge in [-0.15, -0.1) is 0 Å². The fraction of sp³-hybridized carbons (Fsp3) is 0.417. The Morgan fingerprint density at radius 3 is 2.67 bits per heavy atom. The van der Waals surface area contributed by atoms with Gasteiger partial charge in [0.1, 0.15) is 0 Å². The number of nitrogens with one attached hydrogen (secondary N) is 1. The molecule has 6 nitrogen and oxygen atoms in total. The summed E-state index contributed by atoms with van der Waals surface area (Å²) < 4.78 is 2.30. The van der Waals surface area contributed by atoms with Crippen molar-refractivity contribution < 1.29 is 19.8 Å². The van der Waals surface area contributed by atoms with Gasteiger partial charge in [0.15, 0.2) is 0 Å². The Kier molecular flexibility index (Phi) is 5.52. The summed E-state index contributed by atoms with van der Waals surface area (Å²) in [4.78, 5) is 23.5. The number of benzene rings is 1.